The van der Waals surface area contributed by atoms with Gasteiger partial charge < -0.3 is 5.32 Å². The lowest BCUT2D eigenvalue weighted by molar-refractivity contribution is 0.593. The molecular weight excluding hydrogens is 210 g/mol. The van der Waals surface area contributed by atoms with Crippen molar-refractivity contribution in [2.24, 2.45) is 0 Å². The number of rotatable bonds is 6. The molecule has 1 rings (SSSR count). The molecule has 4 heteroatoms. The molecule has 0 aliphatic rings. The normalized spacial score (nSPS) is 10.9. The molecule has 15 heavy (non-hydrogen) atoms. The summed E-state index contributed by atoms with van der Waals surface area (Å²) in [4.78, 5) is 0. The van der Waals surface area contributed by atoms with Crippen LogP contribution in [0.3, 0.4) is 0 Å². The summed E-state index contributed by atoms with van der Waals surface area (Å²) in [7, 11) is 0. The summed E-state index contributed by atoms with van der Waals surface area (Å²) in [6.07, 6.45) is 2.12. The monoisotopic (exact) mass is 229 g/mol. The summed E-state index contributed by atoms with van der Waals surface area (Å²) in [6.45, 7) is 9.13. The number of aryl methyl sites for hydroxylation is 2. The van der Waals surface area contributed by atoms with Gasteiger partial charge in [0.05, 0.1) is 16.4 Å². The third-order valence-electron chi connectivity index (χ3n) is 2.42. The van der Waals surface area contributed by atoms with Crippen molar-refractivity contribution in [2.75, 3.05) is 13.1 Å². The van der Waals surface area contributed by atoms with E-state index in [1.165, 1.54) is 6.42 Å². The Morgan fingerprint density at radius 1 is 1.33 bits per heavy atom. The van der Waals surface area contributed by atoms with Crippen molar-refractivity contribution in [2.45, 2.75) is 40.2 Å². The molecule has 0 amide bonds. The molecule has 1 aromatic heterocycles. The molecule has 1 N–H and O–H groups in total. The van der Waals surface area contributed by atoms with Crippen LogP contribution in [0.25, 0.3) is 0 Å². The molecule has 0 radical (unpaired) electrons. The van der Waals surface area contributed by atoms with Gasteiger partial charge in [0.25, 0.3) is 0 Å². The Bertz CT molecular complexity index is 307. The van der Waals surface area contributed by atoms with Crippen LogP contribution >= 0.6 is 11.6 Å². The zero-order chi connectivity index (χ0) is 11.3. The van der Waals surface area contributed by atoms with Gasteiger partial charge in [0, 0.05) is 19.5 Å². The van der Waals surface area contributed by atoms with E-state index in [1.54, 1.807) is 0 Å². The lowest BCUT2D eigenvalue weighted by atomic mass is 10.2. The van der Waals surface area contributed by atoms with E-state index in [4.69, 9.17) is 11.6 Å². The number of hydrogen-bond acceptors (Lipinski definition) is 2. The van der Waals surface area contributed by atoms with Crippen LogP contribution in [-0.4, -0.2) is 22.9 Å². The van der Waals surface area contributed by atoms with Crippen LogP contribution in [0, 0.1) is 6.92 Å². The number of aromatic nitrogens is 2. The highest BCUT2D eigenvalue weighted by molar-refractivity contribution is 6.31. The van der Waals surface area contributed by atoms with Crippen molar-refractivity contribution < 1.29 is 0 Å². The maximum atomic E-state index is 6.19. The van der Waals surface area contributed by atoms with E-state index in [9.17, 15) is 0 Å². The standard InChI is InChI=1S/C11H20ClN3/c1-4-7-13-8-6-10-11(12)9(3)14-15(10)5-2/h13H,4-8H2,1-3H3. The summed E-state index contributed by atoms with van der Waals surface area (Å²) in [5.74, 6) is 0. The Kier molecular flexibility index (Phi) is 5.12. The molecule has 0 fully saturated rings. The minimum absolute atomic E-state index is 0.829. The average Bonchev–Trinajstić information content (AvgIpc) is 2.51. The first-order valence-corrected chi connectivity index (χ1v) is 6.01. The van der Waals surface area contributed by atoms with E-state index in [-0.39, 0.29) is 0 Å². The molecule has 0 aliphatic carbocycles. The fourth-order valence-corrected chi connectivity index (χ4v) is 1.85. The van der Waals surface area contributed by atoms with Crippen LogP contribution < -0.4 is 5.32 Å². The average molecular weight is 230 g/mol. The molecule has 0 atom stereocenters. The summed E-state index contributed by atoms with van der Waals surface area (Å²) in [5.41, 5.74) is 2.09. The number of nitrogens with one attached hydrogen (secondary N) is 1. The van der Waals surface area contributed by atoms with Gasteiger partial charge >= 0.3 is 0 Å². The first-order chi connectivity index (χ1) is 7.20. The van der Waals surface area contributed by atoms with Crippen molar-refractivity contribution in [1.29, 1.82) is 0 Å². The highest BCUT2D eigenvalue weighted by Crippen LogP contribution is 2.20. The van der Waals surface area contributed by atoms with Gasteiger partial charge in [-0.25, -0.2) is 0 Å². The largest absolute Gasteiger partial charge is 0.316 e. The van der Waals surface area contributed by atoms with Gasteiger partial charge in [-0.15, -0.1) is 0 Å². The molecule has 1 heterocycles. The molecule has 0 aromatic carbocycles. The van der Waals surface area contributed by atoms with Gasteiger partial charge in [-0.2, -0.15) is 5.10 Å². The van der Waals surface area contributed by atoms with Crippen LogP contribution in [0.4, 0.5) is 0 Å². The first kappa shape index (κ1) is 12.5. The lowest BCUT2D eigenvalue weighted by Crippen LogP contribution is -2.19. The highest BCUT2D eigenvalue weighted by Gasteiger charge is 2.11. The van der Waals surface area contributed by atoms with E-state index in [0.717, 1.165) is 42.5 Å². The van der Waals surface area contributed by atoms with Gasteiger partial charge in [0.2, 0.25) is 0 Å². The smallest absolute Gasteiger partial charge is 0.0847 e. The molecular formula is C11H20ClN3. The number of nitrogens with zero attached hydrogens (tertiary/aromatic N) is 2. The number of halogens is 1. The van der Waals surface area contributed by atoms with Crippen LogP contribution in [0.5, 0.6) is 0 Å². The van der Waals surface area contributed by atoms with Crippen molar-refractivity contribution in [1.82, 2.24) is 15.1 Å². The van der Waals surface area contributed by atoms with E-state index < -0.39 is 0 Å². The van der Waals surface area contributed by atoms with E-state index in [2.05, 4.69) is 24.3 Å². The second-order valence-corrected chi connectivity index (χ2v) is 4.04. The van der Waals surface area contributed by atoms with Crippen LogP contribution in [0.15, 0.2) is 0 Å². The van der Waals surface area contributed by atoms with Gasteiger partial charge in [0.1, 0.15) is 0 Å². The van der Waals surface area contributed by atoms with E-state index in [1.807, 2.05) is 11.6 Å². The fourth-order valence-electron chi connectivity index (χ4n) is 1.62. The van der Waals surface area contributed by atoms with Crippen LogP contribution in [-0.2, 0) is 13.0 Å². The van der Waals surface area contributed by atoms with Crippen LogP contribution in [0.2, 0.25) is 5.02 Å². The third kappa shape index (κ3) is 3.21. The summed E-state index contributed by atoms with van der Waals surface area (Å²) >= 11 is 6.19. The highest BCUT2D eigenvalue weighted by atomic mass is 35.5. The molecule has 0 bridgehead atoms. The number of hydrogen-bond donors (Lipinski definition) is 1. The van der Waals surface area contributed by atoms with Crippen molar-refractivity contribution in [3.63, 3.8) is 0 Å². The lowest BCUT2D eigenvalue weighted by Gasteiger charge is -2.06. The van der Waals surface area contributed by atoms with Crippen molar-refractivity contribution in [3.05, 3.63) is 16.4 Å². The minimum Gasteiger partial charge on any atom is -0.316 e. The Morgan fingerprint density at radius 3 is 2.67 bits per heavy atom. The molecule has 1 aromatic rings. The molecule has 0 saturated carbocycles. The molecule has 0 saturated heterocycles. The minimum atomic E-state index is 0.829. The second-order valence-electron chi connectivity index (χ2n) is 3.66. The van der Waals surface area contributed by atoms with Crippen LogP contribution in [0.1, 0.15) is 31.7 Å². The maximum Gasteiger partial charge on any atom is 0.0847 e. The summed E-state index contributed by atoms with van der Waals surface area (Å²) in [6, 6.07) is 0. The van der Waals surface area contributed by atoms with Gasteiger partial charge in [-0.3, -0.25) is 4.68 Å². The van der Waals surface area contributed by atoms with Crippen molar-refractivity contribution in [3.8, 4) is 0 Å². The quantitative estimate of drug-likeness (QED) is 0.760. The maximum absolute atomic E-state index is 6.19. The predicted octanol–water partition coefficient (Wildman–Crippen LogP) is 2.41. The Balaban J connectivity index is 2.58. The first-order valence-electron chi connectivity index (χ1n) is 5.63. The molecule has 0 aliphatic heterocycles. The molecule has 3 nitrogen and oxygen atoms in total. The predicted molar refractivity (Wildman–Crippen MR) is 64.5 cm³/mol. The Labute approximate surface area is 96.8 Å². The Morgan fingerprint density at radius 2 is 2.07 bits per heavy atom. The SMILES string of the molecule is CCCNCCc1c(Cl)c(C)nn1CC. The van der Waals surface area contributed by atoms with E-state index in [0.29, 0.717) is 0 Å². The topological polar surface area (TPSA) is 29.9 Å². The van der Waals surface area contributed by atoms with Crippen molar-refractivity contribution >= 4 is 11.6 Å². The molecule has 0 spiro atoms. The third-order valence-corrected chi connectivity index (χ3v) is 2.91. The van der Waals surface area contributed by atoms with Gasteiger partial charge in [0.15, 0.2) is 0 Å². The molecule has 86 valence electrons. The second kappa shape index (κ2) is 6.13. The zero-order valence-electron chi connectivity index (χ0n) is 9.81. The summed E-state index contributed by atoms with van der Waals surface area (Å²) in [5, 5.41) is 8.58. The fraction of sp³-hybridized carbons (Fsp3) is 0.727. The molecule has 0 unspecified atom stereocenters. The van der Waals surface area contributed by atoms with Gasteiger partial charge in [-0.05, 0) is 26.8 Å². The summed E-state index contributed by atoms with van der Waals surface area (Å²) < 4.78 is 1.99. The van der Waals surface area contributed by atoms with Gasteiger partial charge in [-0.1, -0.05) is 18.5 Å². The Hall–Kier alpha value is -0.540. The zero-order valence-corrected chi connectivity index (χ0v) is 10.6. The van der Waals surface area contributed by atoms with E-state index >= 15 is 0 Å².